The van der Waals surface area contributed by atoms with Gasteiger partial charge >= 0.3 is 5.97 Å². The molecule has 0 bridgehead atoms. The van der Waals surface area contributed by atoms with Crippen LogP contribution >= 0.6 is 11.6 Å². The van der Waals surface area contributed by atoms with Gasteiger partial charge in [-0.2, -0.15) is 0 Å². The van der Waals surface area contributed by atoms with Crippen LogP contribution in [0.4, 0.5) is 0 Å². The standard InChI is InChI=1S/C22H24ClNO6/c1-27-20-11-16(6-9-19(20)29-13-15-4-7-17(23)8-5-15)22(26)30-14-21(25)24-12-18-3-2-10-28-18/h4-9,11,18H,2-3,10,12-14H2,1H3,(H,24,25)/t18-/m0/s1. The Morgan fingerprint density at radius 1 is 1.17 bits per heavy atom. The summed E-state index contributed by atoms with van der Waals surface area (Å²) < 4.78 is 21.6. The van der Waals surface area contributed by atoms with Crippen molar-refractivity contribution < 1.29 is 28.5 Å². The van der Waals surface area contributed by atoms with Crippen molar-refractivity contribution in [2.45, 2.75) is 25.6 Å². The third-order valence-corrected chi connectivity index (χ3v) is 4.84. The highest BCUT2D eigenvalue weighted by Crippen LogP contribution is 2.29. The summed E-state index contributed by atoms with van der Waals surface area (Å²) >= 11 is 5.88. The molecule has 1 aliphatic rings. The molecule has 0 aliphatic carbocycles. The highest BCUT2D eigenvalue weighted by molar-refractivity contribution is 6.30. The molecule has 0 saturated carbocycles. The quantitative estimate of drug-likeness (QED) is 0.610. The lowest BCUT2D eigenvalue weighted by molar-refractivity contribution is -0.124. The van der Waals surface area contributed by atoms with E-state index in [0.29, 0.717) is 29.7 Å². The number of carbonyl (C=O) groups is 2. The van der Waals surface area contributed by atoms with Crippen LogP contribution in [0.2, 0.25) is 5.02 Å². The van der Waals surface area contributed by atoms with Crippen LogP contribution in [0.5, 0.6) is 11.5 Å². The molecule has 3 rings (SSSR count). The van der Waals surface area contributed by atoms with Gasteiger partial charge < -0.3 is 24.3 Å². The lowest BCUT2D eigenvalue weighted by Crippen LogP contribution is -2.34. The topological polar surface area (TPSA) is 83.1 Å². The smallest absolute Gasteiger partial charge is 0.338 e. The third kappa shape index (κ3) is 6.37. The maximum Gasteiger partial charge on any atom is 0.338 e. The van der Waals surface area contributed by atoms with Crippen LogP contribution in [-0.2, 0) is 20.9 Å². The summed E-state index contributed by atoms with van der Waals surface area (Å²) in [4.78, 5) is 24.1. The van der Waals surface area contributed by atoms with Crippen molar-refractivity contribution in [3.63, 3.8) is 0 Å². The van der Waals surface area contributed by atoms with Gasteiger partial charge in [-0.25, -0.2) is 4.79 Å². The summed E-state index contributed by atoms with van der Waals surface area (Å²) in [5.74, 6) is -0.113. The van der Waals surface area contributed by atoms with Crippen LogP contribution < -0.4 is 14.8 Å². The van der Waals surface area contributed by atoms with Crippen molar-refractivity contribution in [1.82, 2.24) is 5.32 Å². The Labute approximate surface area is 180 Å². The second-order valence-electron chi connectivity index (χ2n) is 6.80. The third-order valence-electron chi connectivity index (χ3n) is 4.59. The maximum atomic E-state index is 12.3. The van der Waals surface area contributed by atoms with Gasteiger partial charge in [-0.15, -0.1) is 0 Å². The van der Waals surface area contributed by atoms with E-state index < -0.39 is 5.97 Å². The highest BCUT2D eigenvalue weighted by Gasteiger charge is 2.17. The zero-order valence-corrected chi connectivity index (χ0v) is 17.4. The number of carbonyl (C=O) groups excluding carboxylic acids is 2. The van der Waals surface area contributed by atoms with Gasteiger partial charge in [-0.05, 0) is 48.7 Å². The van der Waals surface area contributed by atoms with Gasteiger partial charge in [0.05, 0.1) is 18.8 Å². The van der Waals surface area contributed by atoms with Gasteiger partial charge in [0.15, 0.2) is 18.1 Å². The molecular weight excluding hydrogens is 410 g/mol. The number of benzene rings is 2. The molecule has 1 aliphatic heterocycles. The number of halogens is 1. The van der Waals surface area contributed by atoms with Gasteiger partial charge in [0.25, 0.3) is 5.91 Å². The van der Waals surface area contributed by atoms with E-state index >= 15 is 0 Å². The predicted octanol–water partition coefficient (Wildman–Crippen LogP) is 3.38. The Bertz CT molecular complexity index is 864. The molecule has 8 heteroatoms. The summed E-state index contributed by atoms with van der Waals surface area (Å²) in [5, 5.41) is 3.36. The molecule has 1 atom stereocenters. The Kier molecular flexibility index (Phi) is 7.93. The minimum absolute atomic E-state index is 0.0364. The summed E-state index contributed by atoms with van der Waals surface area (Å²) in [6.07, 6.45) is 1.96. The van der Waals surface area contributed by atoms with Gasteiger partial charge in [0.1, 0.15) is 6.61 Å². The van der Waals surface area contributed by atoms with E-state index in [1.54, 1.807) is 24.3 Å². The number of nitrogens with one attached hydrogen (secondary N) is 1. The number of methoxy groups -OCH3 is 1. The molecule has 1 amide bonds. The van der Waals surface area contributed by atoms with Crippen molar-refractivity contribution in [3.05, 3.63) is 58.6 Å². The Hall–Kier alpha value is -2.77. The highest BCUT2D eigenvalue weighted by atomic mass is 35.5. The monoisotopic (exact) mass is 433 g/mol. The minimum atomic E-state index is -0.621. The van der Waals surface area contributed by atoms with Crippen molar-refractivity contribution >= 4 is 23.5 Å². The summed E-state index contributed by atoms with van der Waals surface area (Å²) in [7, 11) is 1.48. The molecule has 30 heavy (non-hydrogen) atoms. The zero-order chi connectivity index (χ0) is 21.3. The van der Waals surface area contributed by atoms with Gasteiger partial charge in [-0.3, -0.25) is 4.79 Å². The number of ether oxygens (including phenoxy) is 4. The van der Waals surface area contributed by atoms with E-state index in [1.807, 2.05) is 12.1 Å². The fourth-order valence-electron chi connectivity index (χ4n) is 2.95. The molecular formula is C22H24ClNO6. The fraction of sp³-hybridized carbons (Fsp3) is 0.364. The zero-order valence-electron chi connectivity index (χ0n) is 16.7. The predicted molar refractivity (Wildman–Crippen MR) is 111 cm³/mol. The molecule has 1 N–H and O–H groups in total. The Morgan fingerprint density at radius 3 is 2.67 bits per heavy atom. The second-order valence-corrected chi connectivity index (χ2v) is 7.23. The number of rotatable bonds is 9. The van der Waals surface area contributed by atoms with E-state index in [2.05, 4.69) is 5.32 Å². The Morgan fingerprint density at radius 2 is 1.97 bits per heavy atom. The largest absolute Gasteiger partial charge is 0.493 e. The normalized spacial score (nSPS) is 15.5. The van der Waals surface area contributed by atoms with E-state index in [-0.39, 0.29) is 24.2 Å². The molecule has 1 fully saturated rings. The first-order valence-electron chi connectivity index (χ1n) is 9.66. The fourth-order valence-corrected chi connectivity index (χ4v) is 3.08. The summed E-state index contributed by atoms with van der Waals surface area (Å²) in [5.41, 5.74) is 1.21. The summed E-state index contributed by atoms with van der Waals surface area (Å²) in [6, 6.07) is 12.0. The van der Waals surface area contributed by atoms with Crippen molar-refractivity contribution in [2.75, 3.05) is 26.9 Å². The second kappa shape index (κ2) is 10.8. The molecule has 0 unspecified atom stereocenters. The molecule has 1 saturated heterocycles. The van der Waals surface area contributed by atoms with Crippen LogP contribution in [0.15, 0.2) is 42.5 Å². The molecule has 2 aromatic rings. The first kappa shape index (κ1) is 21.9. The van der Waals surface area contributed by atoms with Gasteiger partial charge in [0.2, 0.25) is 0 Å². The lowest BCUT2D eigenvalue weighted by atomic mass is 10.2. The SMILES string of the molecule is COc1cc(C(=O)OCC(=O)NC[C@@H]2CCCO2)ccc1OCc1ccc(Cl)cc1. The molecule has 2 aromatic carbocycles. The molecule has 160 valence electrons. The van der Waals surface area contributed by atoms with Gasteiger partial charge in [-0.1, -0.05) is 23.7 Å². The van der Waals surface area contributed by atoms with Crippen LogP contribution in [0.25, 0.3) is 0 Å². The molecule has 0 spiro atoms. The van der Waals surface area contributed by atoms with Crippen LogP contribution in [0, 0.1) is 0 Å². The average Bonchev–Trinajstić information content (AvgIpc) is 3.29. The van der Waals surface area contributed by atoms with Crippen molar-refractivity contribution in [3.8, 4) is 11.5 Å². The Balaban J connectivity index is 1.50. The number of hydrogen-bond donors (Lipinski definition) is 1. The maximum absolute atomic E-state index is 12.3. The number of esters is 1. The van der Waals surface area contributed by atoms with Crippen LogP contribution in [-0.4, -0.2) is 44.8 Å². The van der Waals surface area contributed by atoms with Crippen LogP contribution in [0.1, 0.15) is 28.8 Å². The lowest BCUT2D eigenvalue weighted by Gasteiger charge is -2.13. The van der Waals surface area contributed by atoms with E-state index in [1.165, 1.54) is 13.2 Å². The first-order chi connectivity index (χ1) is 14.5. The van der Waals surface area contributed by atoms with E-state index in [9.17, 15) is 9.59 Å². The number of amides is 1. The van der Waals surface area contributed by atoms with E-state index in [0.717, 1.165) is 25.0 Å². The molecule has 7 nitrogen and oxygen atoms in total. The first-order valence-corrected chi connectivity index (χ1v) is 10.0. The van der Waals surface area contributed by atoms with Crippen LogP contribution in [0.3, 0.4) is 0 Å². The van der Waals surface area contributed by atoms with Gasteiger partial charge in [0, 0.05) is 18.2 Å². The van der Waals surface area contributed by atoms with Crippen molar-refractivity contribution in [2.24, 2.45) is 0 Å². The minimum Gasteiger partial charge on any atom is -0.493 e. The molecule has 0 radical (unpaired) electrons. The van der Waals surface area contributed by atoms with Crippen molar-refractivity contribution in [1.29, 1.82) is 0 Å². The average molecular weight is 434 g/mol. The molecule has 1 heterocycles. The number of hydrogen-bond acceptors (Lipinski definition) is 6. The van der Waals surface area contributed by atoms with E-state index in [4.69, 9.17) is 30.5 Å². The summed E-state index contributed by atoms with van der Waals surface area (Å²) in [6.45, 7) is 1.10. The molecule has 0 aromatic heterocycles.